The van der Waals surface area contributed by atoms with Gasteiger partial charge >= 0.3 is 0 Å². The Bertz CT molecular complexity index is 943. The molecule has 0 saturated carbocycles. The van der Waals surface area contributed by atoms with Crippen molar-refractivity contribution in [3.8, 4) is 0 Å². The lowest BCUT2D eigenvalue weighted by molar-refractivity contribution is 0.571. The number of hydrogen-bond acceptors (Lipinski definition) is 2. The standard InChI is InChI=1S/C17H14Cl5NO2S/c1-8(2)17(11-12(18)14(20)16(22)15(21)13(11)19)23-26(24,25)10-6-4-9(3)5-7-10/h4-7,17,23H,1H2,2-3H3/t17-/m1/s1. The molecule has 140 valence electrons. The van der Waals surface area contributed by atoms with E-state index in [-0.39, 0.29) is 35.6 Å². The van der Waals surface area contributed by atoms with E-state index in [9.17, 15) is 8.42 Å². The summed E-state index contributed by atoms with van der Waals surface area (Å²) in [6.07, 6.45) is 0. The molecule has 0 unspecified atom stereocenters. The van der Waals surface area contributed by atoms with E-state index in [1.807, 2.05) is 6.92 Å². The van der Waals surface area contributed by atoms with Crippen molar-refractivity contribution >= 4 is 68.0 Å². The average molecular weight is 474 g/mol. The van der Waals surface area contributed by atoms with Gasteiger partial charge in [0.05, 0.1) is 36.1 Å². The van der Waals surface area contributed by atoms with Gasteiger partial charge in [-0.1, -0.05) is 87.9 Å². The van der Waals surface area contributed by atoms with Crippen LogP contribution in [-0.2, 0) is 10.0 Å². The number of nitrogens with one attached hydrogen (secondary N) is 1. The molecule has 26 heavy (non-hydrogen) atoms. The van der Waals surface area contributed by atoms with Crippen LogP contribution < -0.4 is 4.72 Å². The number of sulfonamides is 1. The second kappa shape index (κ2) is 8.27. The minimum Gasteiger partial charge on any atom is -0.207 e. The van der Waals surface area contributed by atoms with Gasteiger partial charge < -0.3 is 0 Å². The van der Waals surface area contributed by atoms with Crippen LogP contribution >= 0.6 is 58.0 Å². The lowest BCUT2D eigenvalue weighted by Crippen LogP contribution is -2.29. The fraction of sp³-hybridized carbons (Fsp3) is 0.176. The second-order valence-electron chi connectivity index (χ2n) is 5.70. The summed E-state index contributed by atoms with van der Waals surface area (Å²) in [5, 5.41) is -0.0256. The van der Waals surface area contributed by atoms with Crippen LogP contribution in [-0.4, -0.2) is 8.42 Å². The van der Waals surface area contributed by atoms with Crippen molar-refractivity contribution in [1.82, 2.24) is 4.72 Å². The van der Waals surface area contributed by atoms with E-state index in [4.69, 9.17) is 58.0 Å². The van der Waals surface area contributed by atoms with E-state index in [1.54, 1.807) is 19.1 Å². The third-order valence-electron chi connectivity index (χ3n) is 3.63. The predicted molar refractivity (Wildman–Crippen MR) is 111 cm³/mol. The lowest BCUT2D eigenvalue weighted by Gasteiger charge is -2.23. The summed E-state index contributed by atoms with van der Waals surface area (Å²) in [7, 11) is -3.89. The Kier molecular flexibility index (Phi) is 6.95. The summed E-state index contributed by atoms with van der Waals surface area (Å²) in [6.45, 7) is 7.31. The van der Waals surface area contributed by atoms with Crippen molar-refractivity contribution in [2.24, 2.45) is 0 Å². The van der Waals surface area contributed by atoms with Gasteiger partial charge in [-0.25, -0.2) is 8.42 Å². The van der Waals surface area contributed by atoms with Crippen LogP contribution in [0.3, 0.4) is 0 Å². The van der Waals surface area contributed by atoms with Gasteiger partial charge in [0.2, 0.25) is 10.0 Å². The fourth-order valence-electron chi connectivity index (χ4n) is 2.22. The first-order valence-electron chi connectivity index (χ1n) is 7.23. The molecule has 2 aromatic rings. The molecule has 0 aliphatic rings. The van der Waals surface area contributed by atoms with Crippen LogP contribution in [0.5, 0.6) is 0 Å². The summed E-state index contributed by atoms with van der Waals surface area (Å²) in [5.41, 5.74) is 1.57. The molecule has 0 aliphatic carbocycles. The van der Waals surface area contributed by atoms with Crippen molar-refractivity contribution < 1.29 is 8.42 Å². The molecule has 3 nitrogen and oxygen atoms in total. The van der Waals surface area contributed by atoms with Gasteiger partial charge in [-0.3, -0.25) is 0 Å². The molecule has 0 radical (unpaired) electrons. The summed E-state index contributed by atoms with van der Waals surface area (Å²) < 4.78 is 28.1. The van der Waals surface area contributed by atoms with Gasteiger partial charge in [-0.15, -0.1) is 0 Å². The summed E-state index contributed by atoms with van der Waals surface area (Å²) in [5.74, 6) is 0. The summed E-state index contributed by atoms with van der Waals surface area (Å²) >= 11 is 30.7. The van der Waals surface area contributed by atoms with Crippen molar-refractivity contribution in [2.75, 3.05) is 0 Å². The Balaban J connectivity index is 2.59. The number of aryl methyl sites for hydroxylation is 1. The maximum Gasteiger partial charge on any atom is 0.241 e. The quantitative estimate of drug-likeness (QED) is 0.293. The molecule has 0 aromatic heterocycles. The van der Waals surface area contributed by atoms with Gasteiger partial charge in [0.15, 0.2) is 0 Å². The van der Waals surface area contributed by atoms with Crippen LogP contribution in [0.2, 0.25) is 25.1 Å². The predicted octanol–water partition coefficient (Wildman–Crippen LogP) is 6.86. The first-order valence-corrected chi connectivity index (χ1v) is 10.6. The van der Waals surface area contributed by atoms with Gasteiger partial charge in [-0.05, 0) is 26.0 Å². The highest BCUT2D eigenvalue weighted by Crippen LogP contribution is 2.47. The zero-order valence-electron chi connectivity index (χ0n) is 13.7. The van der Waals surface area contributed by atoms with Gasteiger partial charge in [0, 0.05) is 5.56 Å². The van der Waals surface area contributed by atoms with Crippen LogP contribution in [0.25, 0.3) is 0 Å². The van der Waals surface area contributed by atoms with Crippen molar-refractivity contribution in [3.05, 3.63) is 72.7 Å². The molecular formula is C17H14Cl5NO2S. The van der Waals surface area contributed by atoms with Crippen LogP contribution in [0, 0.1) is 6.92 Å². The minimum atomic E-state index is -3.89. The molecule has 9 heteroatoms. The molecule has 0 fully saturated rings. The van der Waals surface area contributed by atoms with Crippen LogP contribution in [0.4, 0.5) is 0 Å². The lowest BCUT2D eigenvalue weighted by atomic mass is 10.0. The van der Waals surface area contributed by atoms with E-state index in [1.165, 1.54) is 12.1 Å². The van der Waals surface area contributed by atoms with Gasteiger partial charge in [0.25, 0.3) is 0 Å². The number of hydrogen-bond donors (Lipinski definition) is 1. The third kappa shape index (κ3) is 4.33. The third-order valence-corrected chi connectivity index (χ3v) is 7.37. The topological polar surface area (TPSA) is 46.2 Å². The fourth-order valence-corrected chi connectivity index (χ4v) is 4.85. The highest BCUT2D eigenvalue weighted by molar-refractivity contribution is 7.89. The Labute approximate surface area is 177 Å². The molecule has 1 atom stereocenters. The first kappa shape index (κ1) is 21.8. The van der Waals surface area contributed by atoms with Crippen LogP contribution in [0.15, 0.2) is 41.3 Å². The molecule has 0 aliphatic heterocycles. The normalized spacial score (nSPS) is 12.9. The first-order chi connectivity index (χ1) is 12.0. The molecule has 2 aromatic carbocycles. The van der Waals surface area contributed by atoms with E-state index in [0.717, 1.165) is 5.56 Å². The number of halogens is 5. The van der Waals surface area contributed by atoms with E-state index in [0.29, 0.717) is 5.57 Å². The Hall–Kier alpha value is -0.460. The molecule has 0 saturated heterocycles. The number of benzene rings is 2. The minimum absolute atomic E-state index is 0.00525. The van der Waals surface area contributed by atoms with Gasteiger partial charge in [0.1, 0.15) is 0 Å². The second-order valence-corrected chi connectivity index (χ2v) is 9.30. The Morgan fingerprint density at radius 1 is 0.923 bits per heavy atom. The SMILES string of the molecule is C=C(C)[C@@H](NS(=O)(=O)c1ccc(C)cc1)c1c(Cl)c(Cl)c(Cl)c(Cl)c1Cl. The Morgan fingerprint density at radius 2 is 1.35 bits per heavy atom. The summed E-state index contributed by atoms with van der Waals surface area (Å²) in [4.78, 5) is 0.0905. The molecule has 2 rings (SSSR count). The van der Waals surface area contributed by atoms with Crippen molar-refractivity contribution in [3.63, 3.8) is 0 Å². The average Bonchev–Trinajstić information content (AvgIpc) is 2.57. The monoisotopic (exact) mass is 471 g/mol. The summed E-state index contributed by atoms with van der Waals surface area (Å²) in [6, 6.07) is 5.44. The smallest absolute Gasteiger partial charge is 0.207 e. The maximum absolute atomic E-state index is 12.8. The molecule has 0 amide bonds. The highest BCUT2D eigenvalue weighted by atomic mass is 35.5. The highest BCUT2D eigenvalue weighted by Gasteiger charge is 2.29. The maximum atomic E-state index is 12.8. The van der Waals surface area contributed by atoms with Gasteiger partial charge in [-0.2, -0.15) is 4.72 Å². The molecule has 0 bridgehead atoms. The largest absolute Gasteiger partial charge is 0.241 e. The van der Waals surface area contributed by atoms with Crippen molar-refractivity contribution in [1.29, 1.82) is 0 Å². The van der Waals surface area contributed by atoms with E-state index in [2.05, 4.69) is 11.3 Å². The van der Waals surface area contributed by atoms with Crippen molar-refractivity contribution in [2.45, 2.75) is 24.8 Å². The zero-order chi connectivity index (χ0) is 19.8. The molecule has 1 N–H and O–H groups in total. The zero-order valence-corrected chi connectivity index (χ0v) is 18.3. The molecule has 0 heterocycles. The van der Waals surface area contributed by atoms with E-state index < -0.39 is 16.1 Å². The van der Waals surface area contributed by atoms with Crippen LogP contribution in [0.1, 0.15) is 24.1 Å². The van der Waals surface area contributed by atoms with E-state index >= 15 is 0 Å². The molecule has 0 spiro atoms. The number of rotatable bonds is 5. The Morgan fingerprint density at radius 3 is 1.77 bits per heavy atom. The molecular weight excluding hydrogens is 460 g/mol.